The van der Waals surface area contributed by atoms with Gasteiger partial charge in [0, 0.05) is 23.5 Å². The van der Waals surface area contributed by atoms with Crippen molar-refractivity contribution in [3.05, 3.63) is 27.8 Å². The number of amides is 2. The van der Waals surface area contributed by atoms with Gasteiger partial charge in [-0.2, -0.15) is 4.98 Å². The van der Waals surface area contributed by atoms with Crippen molar-refractivity contribution in [3.63, 3.8) is 0 Å². The molecule has 2 aromatic rings. The van der Waals surface area contributed by atoms with E-state index in [-0.39, 0.29) is 18.5 Å². The summed E-state index contributed by atoms with van der Waals surface area (Å²) < 4.78 is 4.90. The van der Waals surface area contributed by atoms with E-state index in [1.807, 2.05) is 19.2 Å². The molecule has 2 amide bonds. The number of rotatable bonds is 5. The van der Waals surface area contributed by atoms with Gasteiger partial charge in [-0.1, -0.05) is 12.1 Å². The van der Waals surface area contributed by atoms with Crippen LogP contribution in [0.1, 0.15) is 35.3 Å². The Labute approximate surface area is 120 Å². The fraction of sp³-hybridized carbons (Fsp3) is 0.500. The van der Waals surface area contributed by atoms with Crippen LogP contribution in [0, 0.1) is 13.8 Å². The molecule has 0 saturated carbocycles. The summed E-state index contributed by atoms with van der Waals surface area (Å²) in [5, 5.41) is 12.1. The van der Waals surface area contributed by atoms with Crippen LogP contribution in [0.3, 0.4) is 0 Å². The number of nitrogens with one attached hydrogen (secondary N) is 2. The molecule has 0 aliphatic carbocycles. The number of hydrogen-bond donors (Lipinski definition) is 2. The summed E-state index contributed by atoms with van der Waals surface area (Å²) in [7, 11) is 0. The lowest BCUT2D eigenvalue weighted by Crippen LogP contribution is -2.37. The molecule has 0 fully saturated rings. The van der Waals surface area contributed by atoms with Gasteiger partial charge in [-0.05, 0) is 13.8 Å². The molecule has 0 aliphatic rings. The molecule has 0 aliphatic heterocycles. The van der Waals surface area contributed by atoms with E-state index in [0.717, 1.165) is 10.7 Å². The Morgan fingerprint density at radius 2 is 2.20 bits per heavy atom. The van der Waals surface area contributed by atoms with Crippen LogP contribution in [0.5, 0.6) is 0 Å². The van der Waals surface area contributed by atoms with Crippen LogP contribution in [0.25, 0.3) is 0 Å². The average Bonchev–Trinajstić information content (AvgIpc) is 3.02. The van der Waals surface area contributed by atoms with Gasteiger partial charge in [0.05, 0.1) is 11.6 Å². The summed E-state index contributed by atoms with van der Waals surface area (Å²) >= 11 is 1.61. The predicted molar refractivity (Wildman–Crippen MR) is 74.5 cm³/mol. The van der Waals surface area contributed by atoms with Crippen LogP contribution in [-0.4, -0.2) is 27.7 Å². The minimum Gasteiger partial charge on any atom is -0.337 e. The van der Waals surface area contributed by atoms with Crippen molar-refractivity contribution in [2.75, 3.05) is 6.54 Å². The predicted octanol–water partition coefficient (Wildman–Crippen LogP) is 1.75. The number of aromatic nitrogens is 3. The Kier molecular flexibility index (Phi) is 4.67. The number of carbonyl (C=O) groups is 1. The Balaban J connectivity index is 1.72. The van der Waals surface area contributed by atoms with Crippen molar-refractivity contribution in [3.8, 4) is 0 Å². The summed E-state index contributed by atoms with van der Waals surface area (Å²) in [6, 6.07) is -0.263. The van der Waals surface area contributed by atoms with Gasteiger partial charge in [-0.15, -0.1) is 11.3 Å². The molecule has 7 nitrogen and oxygen atoms in total. The number of aryl methyl sites for hydroxylation is 2. The van der Waals surface area contributed by atoms with E-state index in [4.69, 9.17) is 4.52 Å². The summed E-state index contributed by atoms with van der Waals surface area (Å²) in [5.74, 6) is 1.13. The smallest absolute Gasteiger partial charge is 0.315 e. The van der Waals surface area contributed by atoms with E-state index >= 15 is 0 Å². The third kappa shape index (κ3) is 4.02. The lowest BCUT2D eigenvalue weighted by Gasteiger charge is -2.10. The minimum atomic E-state index is -0.263. The molecule has 2 aromatic heterocycles. The van der Waals surface area contributed by atoms with E-state index in [2.05, 4.69) is 25.8 Å². The second-order valence-electron chi connectivity index (χ2n) is 4.53. The first kappa shape index (κ1) is 14.4. The van der Waals surface area contributed by atoms with E-state index in [0.29, 0.717) is 18.3 Å². The normalized spacial score (nSPS) is 12.2. The fourth-order valence-electron chi connectivity index (χ4n) is 1.56. The number of urea groups is 1. The van der Waals surface area contributed by atoms with Crippen molar-refractivity contribution in [2.45, 2.75) is 33.2 Å². The number of thiazole rings is 1. The largest absolute Gasteiger partial charge is 0.337 e. The van der Waals surface area contributed by atoms with Crippen molar-refractivity contribution in [1.82, 2.24) is 25.8 Å². The second-order valence-corrected chi connectivity index (χ2v) is 5.42. The van der Waals surface area contributed by atoms with E-state index in [9.17, 15) is 4.79 Å². The number of carbonyl (C=O) groups excluding carboxylic acids is 1. The van der Waals surface area contributed by atoms with Crippen molar-refractivity contribution < 1.29 is 9.32 Å². The van der Waals surface area contributed by atoms with Crippen molar-refractivity contribution in [2.24, 2.45) is 0 Å². The second kappa shape index (κ2) is 6.47. The standard InChI is InChI=1S/C12H17N5O2S/c1-7(11-15-8(2)6-20-11)4-13-12(18)14-5-10-16-9(3)17-19-10/h6-7H,4-5H2,1-3H3,(H2,13,14,18)/t7-/m1/s1. The quantitative estimate of drug-likeness (QED) is 0.876. The molecule has 2 N–H and O–H groups in total. The summed E-state index contributed by atoms with van der Waals surface area (Å²) in [6.07, 6.45) is 0. The lowest BCUT2D eigenvalue weighted by atomic mass is 10.2. The highest BCUT2D eigenvalue weighted by Crippen LogP contribution is 2.18. The molecule has 0 spiro atoms. The Morgan fingerprint density at radius 1 is 1.40 bits per heavy atom. The van der Waals surface area contributed by atoms with Gasteiger partial charge in [0.2, 0.25) is 5.89 Å². The summed E-state index contributed by atoms with van der Waals surface area (Å²) in [5.41, 5.74) is 1.01. The van der Waals surface area contributed by atoms with Gasteiger partial charge in [0.15, 0.2) is 5.82 Å². The third-order valence-corrected chi connectivity index (χ3v) is 3.79. The van der Waals surface area contributed by atoms with Crippen molar-refractivity contribution >= 4 is 17.4 Å². The maximum atomic E-state index is 11.6. The third-order valence-electron chi connectivity index (χ3n) is 2.60. The summed E-state index contributed by atoms with van der Waals surface area (Å²) in [4.78, 5) is 20.0. The highest BCUT2D eigenvalue weighted by atomic mass is 32.1. The van der Waals surface area contributed by atoms with Crippen LogP contribution in [0.2, 0.25) is 0 Å². The molecule has 0 unspecified atom stereocenters. The SMILES string of the molecule is Cc1csc([C@H](C)CNC(=O)NCc2nc(C)no2)n1. The van der Waals surface area contributed by atoms with Gasteiger partial charge in [0.1, 0.15) is 0 Å². The van der Waals surface area contributed by atoms with Crippen LogP contribution < -0.4 is 10.6 Å². The van der Waals surface area contributed by atoms with Gasteiger partial charge in [-0.3, -0.25) is 0 Å². The van der Waals surface area contributed by atoms with Crippen LogP contribution in [-0.2, 0) is 6.54 Å². The first-order valence-electron chi connectivity index (χ1n) is 6.27. The molecule has 1 atom stereocenters. The van der Waals surface area contributed by atoms with E-state index in [1.165, 1.54) is 0 Å². The zero-order chi connectivity index (χ0) is 14.5. The molecule has 20 heavy (non-hydrogen) atoms. The van der Waals surface area contributed by atoms with Crippen LogP contribution in [0.4, 0.5) is 4.79 Å². The Hall–Kier alpha value is -1.96. The highest BCUT2D eigenvalue weighted by Gasteiger charge is 2.11. The minimum absolute atomic E-state index is 0.185. The first-order valence-corrected chi connectivity index (χ1v) is 7.15. The van der Waals surface area contributed by atoms with Crippen molar-refractivity contribution in [1.29, 1.82) is 0 Å². The molecular formula is C12H17N5O2S. The first-order chi connectivity index (χ1) is 9.54. The number of hydrogen-bond acceptors (Lipinski definition) is 6. The molecular weight excluding hydrogens is 278 g/mol. The summed E-state index contributed by atoms with van der Waals surface area (Å²) in [6.45, 7) is 6.46. The van der Waals surface area contributed by atoms with E-state index < -0.39 is 0 Å². The van der Waals surface area contributed by atoms with Crippen LogP contribution >= 0.6 is 11.3 Å². The van der Waals surface area contributed by atoms with Gasteiger partial charge < -0.3 is 15.2 Å². The maximum Gasteiger partial charge on any atom is 0.315 e. The highest BCUT2D eigenvalue weighted by molar-refractivity contribution is 7.09. The maximum absolute atomic E-state index is 11.6. The van der Waals surface area contributed by atoms with Gasteiger partial charge >= 0.3 is 6.03 Å². The Bertz CT molecular complexity index is 580. The average molecular weight is 295 g/mol. The van der Waals surface area contributed by atoms with E-state index in [1.54, 1.807) is 18.3 Å². The van der Waals surface area contributed by atoms with Gasteiger partial charge in [-0.25, -0.2) is 9.78 Å². The molecule has 0 aromatic carbocycles. The monoisotopic (exact) mass is 295 g/mol. The Morgan fingerprint density at radius 3 is 2.80 bits per heavy atom. The molecule has 2 rings (SSSR count). The molecule has 0 bridgehead atoms. The fourth-order valence-corrected chi connectivity index (χ4v) is 2.42. The molecule has 108 valence electrons. The lowest BCUT2D eigenvalue weighted by molar-refractivity contribution is 0.238. The molecule has 8 heteroatoms. The van der Waals surface area contributed by atoms with Gasteiger partial charge in [0.25, 0.3) is 0 Å². The number of nitrogens with zero attached hydrogens (tertiary/aromatic N) is 3. The van der Waals surface area contributed by atoms with Crippen LogP contribution in [0.15, 0.2) is 9.90 Å². The molecule has 2 heterocycles. The zero-order valence-corrected chi connectivity index (χ0v) is 12.5. The molecule has 0 saturated heterocycles. The molecule has 0 radical (unpaired) electrons. The zero-order valence-electron chi connectivity index (χ0n) is 11.6. The topological polar surface area (TPSA) is 92.9 Å².